The van der Waals surface area contributed by atoms with Crippen LogP contribution in [0.1, 0.15) is 27.2 Å². The zero-order valence-electron chi connectivity index (χ0n) is 16.5. The molecular weight excluding hydrogens is 384 g/mol. The van der Waals surface area contributed by atoms with E-state index in [9.17, 15) is 4.79 Å². The Labute approximate surface area is 174 Å². The Balaban J connectivity index is 1.10. The van der Waals surface area contributed by atoms with Gasteiger partial charge in [-0.1, -0.05) is 18.2 Å². The molecule has 0 unspecified atom stereocenters. The van der Waals surface area contributed by atoms with E-state index in [0.717, 1.165) is 49.4 Å². The van der Waals surface area contributed by atoms with Crippen LogP contribution in [0, 0.1) is 0 Å². The molecule has 0 atom stereocenters. The lowest BCUT2D eigenvalue weighted by Crippen LogP contribution is -2.29. The van der Waals surface area contributed by atoms with E-state index in [0.29, 0.717) is 12.3 Å². The van der Waals surface area contributed by atoms with Crippen LogP contribution < -0.4 is 9.47 Å². The number of nitrogens with zero attached hydrogens (tertiary/aromatic N) is 2. The Kier molecular flexibility index (Phi) is 4.89. The lowest BCUT2D eigenvalue weighted by atomic mass is 10.1. The molecule has 3 heterocycles. The summed E-state index contributed by atoms with van der Waals surface area (Å²) in [5, 5.41) is 1.34. The van der Waals surface area contributed by atoms with Crippen molar-refractivity contribution in [2.24, 2.45) is 0 Å². The van der Waals surface area contributed by atoms with Gasteiger partial charge in [-0.15, -0.1) is 11.3 Å². The predicted molar refractivity (Wildman–Crippen MR) is 115 cm³/mol. The van der Waals surface area contributed by atoms with E-state index in [-0.39, 0.29) is 12.7 Å². The van der Waals surface area contributed by atoms with Gasteiger partial charge < -0.3 is 19.3 Å². The summed E-state index contributed by atoms with van der Waals surface area (Å²) in [5.41, 5.74) is 1.80. The zero-order chi connectivity index (χ0) is 19.8. The first-order chi connectivity index (χ1) is 14.2. The summed E-state index contributed by atoms with van der Waals surface area (Å²) in [6.45, 7) is 3.68. The fourth-order valence-electron chi connectivity index (χ4n) is 4.05. The van der Waals surface area contributed by atoms with Gasteiger partial charge >= 0.3 is 0 Å². The first-order valence-corrected chi connectivity index (χ1v) is 10.9. The van der Waals surface area contributed by atoms with E-state index >= 15 is 0 Å². The number of carbonyl (C=O) groups excluding carboxylic acids is 1. The van der Waals surface area contributed by atoms with Crippen LogP contribution in [0.2, 0.25) is 0 Å². The molecule has 6 heteroatoms. The molecule has 0 fully saturated rings. The maximum atomic E-state index is 12.7. The molecule has 3 aromatic rings. The Hall–Kier alpha value is -2.57. The maximum absolute atomic E-state index is 12.7. The molecule has 2 aliphatic rings. The fourth-order valence-corrected chi connectivity index (χ4v) is 5.10. The van der Waals surface area contributed by atoms with Crippen LogP contribution in [0.4, 0.5) is 0 Å². The summed E-state index contributed by atoms with van der Waals surface area (Å²) in [6, 6.07) is 14.6. The van der Waals surface area contributed by atoms with Gasteiger partial charge in [0.25, 0.3) is 5.91 Å². The SMILES string of the molecule is CN(CCCN1Cc2cc3c(cc2C1=O)OCO3)CCc1cc2ccccc2s1. The van der Waals surface area contributed by atoms with Crippen LogP contribution in [0.15, 0.2) is 42.5 Å². The molecule has 2 aromatic carbocycles. The molecule has 1 aromatic heterocycles. The van der Waals surface area contributed by atoms with E-state index in [1.54, 1.807) is 0 Å². The van der Waals surface area contributed by atoms with Crippen molar-refractivity contribution in [3.63, 3.8) is 0 Å². The lowest BCUT2D eigenvalue weighted by Gasteiger charge is -2.19. The van der Waals surface area contributed by atoms with Gasteiger partial charge in [-0.05, 0) is 61.6 Å². The lowest BCUT2D eigenvalue weighted by molar-refractivity contribution is 0.0771. The average Bonchev–Trinajstić information content (AvgIpc) is 3.42. The molecule has 0 aliphatic carbocycles. The minimum absolute atomic E-state index is 0.103. The number of ether oxygens (including phenoxy) is 2. The first-order valence-electron chi connectivity index (χ1n) is 10.1. The highest BCUT2D eigenvalue weighted by atomic mass is 32.1. The monoisotopic (exact) mass is 408 g/mol. The average molecular weight is 409 g/mol. The molecule has 5 rings (SSSR count). The highest BCUT2D eigenvalue weighted by Crippen LogP contribution is 2.38. The van der Waals surface area contributed by atoms with E-state index in [1.807, 2.05) is 28.4 Å². The van der Waals surface area contributed by atoms with Crippen molar-refractivity contribution in [1.29, 1.82) is 0 Å². The van der Waals surface area contributed by atoms with Gasteiger partial charge in [0.05, 0.1) is 0 Å². The molecule has 5 nitrogen and oxygen atoms in total. The number of fused-ring (bicyclic) bond motifs is 3. The number of hydrogen-bond donors (Lipinski definition) is 0. The third-order valence-electron chi connectivity index (χ3n) is 5.66. The molecule has 1 amide bonds. The molecule has 29 heavy (non-hydrogen) atoms. The van der Waals surface area contributed by atoms with Gasteiger partial charge in [-0.3, -0.25) is 4.79 Å². The van der Waals surface area contributed by atoms with Crippen LogP contribution in [-0.4, -0.2) is 49.2 Å². The number of hydrogen-bond acceptors (Lipinski definition) is 5. The number of thiophene rings is 1. The van der Waals surface area contributed by atoms with Crippen molar-refractivity contribution in [1.82, 2.24) is 9.80 Å². The summed E-state index contributed by atoms with van der Waals surface area (Å²) >= 11 is 1.89. The molecular formula is C23H24N2O3S. The largest absolute Gasteiger partial charge is 0.454 e. The third-order valence-corrected chi connectivity index (χ3v) is 6.84. The van der Waals surface area contributed by atoms with Crippen molar-refractivity contribution in [3.8, 4) is 11.5 Å². The summed E-state index contributed by atoms with van der Waals surface area (Å²) < 4.78 is 12.2. The van der Waals surface area contributed by atoms with Crippen LogP contribution >= 0.6 is 11.3 Å². The first kappa shape index (κ1) is 18.5. The van der Waals surface area contributed by atoms with Crippen molar-refractivity contribution >= 4 is 27.3 Å². The molecule has 0 bridgehead atoms. The second-order valence-electron chi connectivity index (χ2n) is 7.75. The van der Waals surface area contributed by atoms with E-state index in [2.05, 4.69) is 42.3 Å². The molecule has 0 saturated heterocycles. The topological polar surface area (TPSA) is 42.0 Å². The van der Waals surface area contributed by atoms with Crippen LogP contribution in [0.5, 0.6) is 11.5 Å². The molecule has 2 aliphatic heterocycles. The molecule has 0 N–H and O–H groups in total. The summed E-state index contributed by atoms with van der Waals surface area (Å²) in [7, 11) is 2.16. The second-order valence-corrected chi connectivity index (χ2v) is 8.92. The van der Waals surface area contributed by atoms with Crippen molar-refractivity contribution in [3.05, 3.63) is 58.5 Å². The highest BCUT2D eigenvalue weighted by Gasteiger charge is 2.30. The number of rotatable bonds is 7. The quantitative estimate of drug-likeness (QED) is 0.589. The summed E-state index contributed by atoms with van der Waals surface area (Å²) in [5.74, 6) is 1.53. The van der Waals surface area contributed by atoms with Gasteiger partial charge in [0, 0.05) is 34.8 Å². The highest BCUT2D eigenvalue weighted by molar-refractivity contribution is 7.19. The minimum Gasteiger partial charge on any atom is -0.454 e. The normalized spacial score (nSPS) is 15.0. The zero-order valence-corrected chi connectivity index (χ0v) is 17.3. The van der Waals surface area contributed by atoms with E-state index < -0.39 is 0 Å². The standard InChI is InChI=1S/C23H24N2O3S/c1-24(10-7-18-11-16-5-2-3-6-22(16)29-18)8-4-9-25-14-17-12-20-21(28-15-27-20)13-19(17)23(25)26/h2-3,5-6,11-13H,4,7-10,14-15H2,1H3. The van der Waals surface area contributed by atoms with Gasteiger partial charge in [-0.2, -0.15) is 0 Å². The number of carbonyl (C=O) groups is 1. The molecule has 150 valence electrons. The fraction of sp³-hybridized carbons (Fsp3) is 0.348. The Bertz CT molecular complexity index is 1030. The second kappa shape index (κ2) is 7.69. The number of amides is 1. The number of benzene rings is 2. The van der Waals surface area contributed by atoms with Gasteiger partial charge in [0.1, 0.15) is 0 Å². The van der Waals surface area contributed by atoms with E-state index in [1.165, 1.54) is 15.0 Å². The smallest absolute Gasteiger partial charge is 0.254 e. The number of likely N-dealkylation sites (N-methyl/N-ethyl adjacent to an activating group) is 1. The molecule has 0 radical (unpaired) electrons. The van der Waals surface area contributed by atoms with Gasteiger partial charge in [-0.25, -0.2) is 0 Å². The minimum atomic E-state index is 0.103. The summed E-state index contributed by atoms with van der Waals surface area (Å²) in [6.07, 6.45) is 2.03. The van der Waals surface area contributed by atoms with Crippen LogP contribution in [0.3, 0.4) is 0 Å². The Morgan fingerprint density at radius 3 is 2.79 bits per heavy atom. The van der Waals surface area contributed by atoms with Crippen molar-refractivity contribution in [2.75, 3.05) is 33.5 Å². The Morgan fingerprint density at radius 2 is 1.93 bits per heavy atom. The van der Waals surface area contributed by atoms with Crippen molar-refractivity contribution < 1.29 is 14.3 Å². The predicted octanol–water partition coefficient (Wildman–Crippen LogP) is 4.15. The van der Waals surface area contributed by atoms with Crippen LogP contribution in [-0.2, 0) is 13.0 Å². The molecule has 0 spiro atoms. The third kappa shape index (κ3) is 3.70. The van der Waals surface area contributed by atoms with Gasteiger partial charge in [0.2, 0.25) is 6.79 Å². The van der Waals surface area contributed by atoms with Crippen molar-refractivity contribution in [2.45, 2.75) is 19.4 Å². The molecule has 0 saturated carbocycles. The van der Waals surface area contributed by atoms with Crippen LogP contribution in [0.25, 0.3) is 10.1 Å². The van der Waals surface area contributed by atoms with Gasteiger partial charge in [0.15, 0.2) is 11.5 Å². The Morgan fingerprint density at radius 1 is 1.10 bits per heavy atom. The summed E-state index contributed by atoms with van der Waals surface area (Å²) in [4.78, 5) is 18.4. The van der Waals surface area contributed by atoms with E-state index in [4.69, 9.17) is 9.47 Å². The maximum Gasteiger partial charge on any atom is 0.254 e.